The first-order valence-electron chi connectivity index (χ1n) is 2.55. The van der Waals surface area contributed by atoms with Crippen LogP contribution in [0.5, 0.6) is 0 Å². The monoisotopic (exact) mass is 157 g/mol. The number of thiol groups is 1. The Hall–Kier alpha value is -0.280. The van der Waals surface area contributed by atoms with E-state index in [1.165, 1.54) is 11.0 Å². The molecule has 1 aromatic carbocycles. The molecule has 0 heterocycles. The van der Waals surface area contributed by atoms with Crippen molar-refractivity contribution in [1.29, 1.82) is 0 Å². The summed E-state index contributed by atoms with van der Waals surface area (Å²) in [7, 11) is 1.30. The Morgan fingerprint density at radius 1 is 1.22 bits per heavy atom. The van der Waals surface area contributed by atoms with E-state index >= 15 is 0 Å². The SMILES string of the molecule is SSNc1ccccc1. The Morgan fingerprint density at radius 3 is 2.44 bits per heavy atom. The summed E-state index contributed by atoms with van der Waals surface area (Å²) in [6.45, 7) is 0. The molecule has 0 aromatic heterocycles. The Kier molecular flexibility index (Phi) is 2.80. The minimum Gasteiger partial charge on any atom is -0.321 e. The molecule has 1 aromatic rings. The summed E-state index contributed by atoms with van der Waals surface area (Å²) in [5.41, 5.74) is 1.08. The minimum atomic E-state index is 1.08. The molecule has 0 atom stereocenters. The van der Waals surface area contributed by atoms with Gasteiger partial charge in [-0.3, -0.25) is 0 Å². The highest BCUT2D eigenvalue weighted by atomic mass is 33.1. The van der Waals surface area contributed by atoms with Gasteiger partial charge in [-0.25, -0.2) is 0 Å². The van der Waals surface area contributed by atoms with Crippen LogP contribution >= 0.6 is 22.6 Å². The van der Waals surface area contributed by atoms with Crippen molar-refractivity contribution in [1.82, 2.24) is 0 Å². The van der Waals surface area contributed by atoms with Gasteiger partial charge in [0.1, 0.15) is 0 Å². The van der Waals surface area contributed by atoms with Gasteiger partial charge in [-0.2, -0.15) is 0 Å². The van der Waals surface area contributed by atoms with Gasteiger partial charge in [0.15, 0.2) is 0 Å². The van der Waals surface area contributed by atoms with Crippen LogP contribution in [0.4, 0.5) is 5.69 Å². The van der Waals surface area contributed by atoms with E-state index in [2.05, 4.69) is 16.4 Å². The van der Waals surface area contributed by atoms with Gasteiger partial charge in [0.05, 0.1) is 0 Å². The van der Waals surface area contributed by atoms with Crippen LogP contribution in [-0.2, 0) is 0 Å². The maximum absolute atomic E-state index is 3.94. The molecule has 48 valence electrons. The summed E-state index contributed by atoms with van der Waals surface area (Å²) in [5.74, 6) is 0. The van der Waals surface area contributed by atoms with Crippen LogP contribution in [0, 0.1) is 0 Å². The Morgan fingerprint density at radius 2 is 1.89 bits per heavy atom. The molecular weight excluding hydrogens is 150 g/mol. The predicted molar refractivity (Wildman–Crippen MR) is 46.6 cm³/mol. The highest BCUT2D eigenvalue weighted by molar-refractivity contribution is 8.69. The van der Waals surface area contributed by atoms with Crippen molar-refractivity contribution in [2.75, 3.05) is 4.72 Å². The zero-order valence-electron chi connectivity index (χ0n) is 4.74. The standard InChI is InChI=1S/C6H7NS2/c8-9-7-6-4-2-1-3-5-6/h1-5,7-8H. The lowest BCUT2D eigenvalue weighted by atomic mass is 10.3. The molecule has 0 fully saturated rings. The van der Waals surface area contributed by atoms with Gasteiger partial charge < -0.3 is 4.72 Å². The molecule has 0 saturated heterocycles. The highest BCUT2D eigenvalue weighted by Crippen LogP contribution is 2.12. The normalized spacial score (nSPS) is 9.00. The zero-order valence-corrected chi connectivity index (χ0v) is 6.45. The molecule has 9 heavy (non-hydrogen) atoms. The van der Waals surface area contributed by atoms with Crippen molar-refractivity contribution in [2.45, 2.75) is 0 Å². The molecule has 0 amide bonds. The van der Waals surface area contributed by atoms with Crippen molar-refractivity contribution in [2.24, 2.45) is 0 Å². The van der Waals surface area contributed by atoms with Crippen LogP contribution in [0.25, 0.3) is 0 Å². The van der Waals surface area contributed by atoms with Crippen molar-refractivity contribution in [3.05, 3.63) is 30.3 Å². The van der Waals surface area contributed by atoms with Crippen LogP contribution in [-0.4, -0.2) is 0 Å². The largest absolute Gasteiger partial charge is 0.321 e. The first-order valence-corrected chi connectivity index (χ1v) is 4.42. The molecular formula is C6H7NS2. The third-order valence-corrected chi connectivity index (χ3v) is 1.54. The fraction of sp³-hybridized carbons (Fsp3) is 0. The molecule has 0 unspecified atom stereocenters. The van der Waals surface area contributed by atoms with Gasteiger partial charge in [0, 0.05) is 16.7 Å². The third kappa shape index (κ3) is 2.20. The summed E-state index contributed by atoms with van der Waals surface area (Å²) in [4.78, 5) is 0. The van der Waals surface area contributed by atoms with Crippen LogP contribution in [0.1, 0.15) is 0 Å². The summed E-state index contributed by atoms with van der Waals surface area (Å²) in [6.07, 6.45) is 0. The molecule has 0 bridgehead atoms. The fourth-order valence-corrected chi connectivity index (χ4v) is 1.12. The van der Waals surface area contributed by atoms with Gasteiger partial charge in [-0.05, 0) is 12.1 Å². The molecule has 0 radical (unpaired) electrons. The van der Waals surface area contributed by atoms with Crippen LogP contribution in [0.15, 0.2) is 30.3 Å². The molecule has 1 N–H and O–H groups in total. The predicted octanol–water partition coefficient (Wildman–Crippen LogP) is 2.59. The van der Waals surface area contributed by atoms with Gasteiger partial charge in [-0.15, -0.1) is 0 Å². The van der Waals surface area contributed by atoms with Crippen molar-refractivity contribution >= 4 is 28.3 Å². The quantitative estimate of drug-likeness (QED) is 0.389. The molecule has 3 heteroatoms. The summed E-state index contributed by atoms with van der Waals surface area (Å²) < 4.78 is 2.99. The average molecular weight is 157 g/mol. The summed E-state index contributed by atoms with van der Waals surface area (Å²) in [5, 5.41) is 0. The lowest BCUT2D eigenvalue weighted by molar-refractivity contribution is 1.69. The molecule has 0 aliphatic carbocycles. The van der Waals surface area contributed by atoms with E-state index in [-0.39, 0.29) is 0 Å². The van der Waals surface area contributed by atoms with E-state index in [0.717, 1.165) is 5.69 Å². The van der Waals surface area contributed by atoms with E-state index in [0.29, 0.717) is 0 Å². The second kappa shape index (κ2) is 3.69. The van der Waals surface area contributed by atoms with E-state index in [4.69, 9.17) is 0 Å². The van der Waals surface area contributed by atoms with Crippen LogP contribution < -0.4 is 4.72 Å². The Balaban J connectivity index is 2.61. The summed E-state index contributed by atoms with van der Waals surface area (Å²) in [6, 6.07) is 9.92. The first-order chi connectivity index (χ1) is 4.43. The molecule has 1 nitrogen and oxygen atoms in total. The second-order valence-corrected chi connectivity index (χ2v) is 2.49. The number of nitrogens with one attached hydrogen (secondary N) is 1. The van der Waals surface area contributed by atoms with Crippen molar-refractivity contribution < 1.29 is 0 Å². The number of para-hydroxylation sites is 1. The zero-order chi connectivity index (χ0) is 6.53. The fourth-order valence-electron chi connectivity index (χ4n) is 0.559. The highest BCUT2D eigenvalue weighted by Gasteiger charge is 1.82. The number of benzene rings is 1. The Labute approximate surface area is 63.8 Å². The molecule has 0 aliphatic rings. The maximum atomic E-state index is 3.94. The van der Waals surface area contributed by atoms with Crippen molar-refractivity contribution in [3.63, 3.8) is 0 Å². The molecule has 0 aliphatic heterocycles. The van der Waals surface area contributed by atoms with Gasteiger partial charge in [0.25, 0.3) is 0 Å². The summed E-state index contributed by atoms with van der Waals surface area (Å²) >= 11 is 3.94. The topological polar surface area (TPSA) is 12.0 Å². The molecule has 0 spiro atoms. The smallest absolute Gasteiger partial charge is 0.0447 e. The lowest BCUT2D eigenvalue weighted by Crippen LogP contribution is -1.78. The van der Waals surface area contributed by atoms with E-state index in [1.807, 2.05) is 30.3 Å². The van der Waals surface area contributed by atoms with Gasteiger partial charge in [0.2, 0.25) is 0 Å². The number of hydrogen-bond acceptors (Lipinski definition) is 3. The second-order valence-electron chi connectivity index (χ2n) is 1.56. The van der Waals surface area contributed by atoms with E-state index in [9.17, 15) is 0 Å². The van der Waals surface area contributed by atoms with Crippen LogP contribution in [0.2, 0.25) is 0 Å². The Bertz CT molecular complexity index is 164. The lowest BCUT2D eigenvalue weighted by Gasteiger charge is -1.97. The van der Waals surface area contributed by atoms with Crippen LogP contribution in [0.3, 0.4) is 0 Å². The molecule has 0 saturated carbocycles. The van der Waals surface area contributed by atoms with E-state index in [1.54, 1.807) is 0 Å². The van der Waals surface area contributed by atoms with Gasteiger partial charge >= 0.3 is 0 Å². The number of anilines is 1. The minimum absolute atomic E-state index is 1.08. The average Bonchev–Trinajstić information content (AvgIpc) is 1.91. The molecule has 1 rings (SSSR count). The van der Waals surface area contributed by atoms with Gasteiger partial charge in [-0.1, -0.05) is 29.9 Å². The first kappa shape index (κ1) is 6.83. The third-order valence-electron chi connectivity index (χ3n) is 0.937. The maximum Gasteiger partial charge on any atom is 0.0447 e. The van der Waals surface area contributed by atoms with E-state index < -0.39 is 0 Å². The number of rotatable bonds is 2. The number of hydrogen-bond donors (Lipinski definition) is 2. The van der Waals surface area contributed by atoms with Crippen molar-refractivity contribution in [3.8, 4) is 0 Å².